The lowest BCUT2D eigenvalue weighted by molar-refractivity contribution is 0.0727. The zero-order valence-electron chi connectivity index (χ0n) is 17.6. The molecule has 0 saturated carbocycles. The maximum Gasteiger partial charge on any atom is 0.351 e. The first-order valence-corrected chi connectivity index (χ1v) is 10.5. The lowest BCUT2D eigenvalue weighted by Crippen LogP contribution is -2.12. The van der Waals surface area contributed by atoms with Crippen LogP contribution >= 0.6 is 15.9 Å². The van der Waals surface area contributed by atoms with Gasteiger partial charge in [-0.3, -0.25) is 4.79 Å². The van der Waals surface area contributed by atoms with Crippen LogP contribution in [0.4, 0.5) is 0 Å². The Morgan fingerprint density at radius 3 is 2.34 bits per heavy atom. The molecule has 6 nitrogen and oxygen atoms in total. The van der Waals surface area contributed by atoms with E-state index in [1.807, 2.05) is 24.3 Å². The Labute approximate surface area is 193 Å². The second-order valence-corrected chi connectivity index (χ2v) is 7.95. The zero-order chi connectivity index (χ0) is 22.8. The van der Waals surface area contributed by atoms with Crippen molar-refractivity contribution in [1.82, 2.24) is 0 Å². The first kappa shape index (κ1) is 21.6. The van der Waals surface area contributed by atoms with Gasteiger partial charge in [0.2, 0.25) is 5.78 Å². The average molecular weight is 495 g/mol. The largest absolute Gasteiger partial charge is 0.496 e. The Morgan fingerprint density at radius 1 is 1.00 bits per heavy atom. The van der Waals surface area contributed by atoms with Crippen LogP contribution in [0.5, 0.6) is 23.0 Å². The molecule has 0 radical (unpaired) electrons. The number of halogens is 1. The van der Waals surface area contributed by atoms with E-state index in [4.69, 9.17) is 18.9 Å². The first-order chi connectivity index (χ1) is 15.4. The molecule has 0 bridgehead atoms. The van der Waals surface area contributed by atoms with Gasteiger partial charge in [0.1, 0.15) is 28.6 Å². The predicted molar refractivity (Wildman–Crippen MR) is 123 cm³/mol. The van der Waals surface area contributed by atoms with Gasteiger partial charge in [-0.1, -0.05) is 34.1 Å². The molecule has 3 aromatic rings. The summed E-state index contributed by atoms with van der Waals surface area (Å²) in [6, 6.07) is 15.7. The maximum absolute atomic E-state index is 12.9. The summed E-state index contributed by atoms with van der Waals surface area (Å²) in [6.07, 6.45) is 1.68. The van der Waals surface area contributed by atoms with Crippen LogP contribution < -0.4 is 18.9 Å². The highest BCUT2D eigenvalue weighted by molar-refractivity contribution is 9.10. The van der Waals surface area contributed by atoms with Crippen molar-refractivity contribution in [2.45, 2.75) is 6.92 Å². The third kappa shape index (κ3) is 4.11. The molecule has 0 amide bonds. The summed E-state index contributed by atoms with van der Waals surface area (Å²) >= 11 is 3.42. The number of benzene rings is 3. The van der Waals surface area contributed by atoms with E-state index in [2.05, 4.69) is 15.9 Å². The topological polar surface area (TPSA) is 71.1 Å². The Morgan fingerprint density at radius 2 is 1.69 bits per heavy atom. The summed E-state index contributed by atoms with van der Waals surface area (Å²) < 4.78 is 22.8. The number of carbonyl (C=O) groups is 2. The highest BCUT2D eigenvalue weighted by Gasteiger charge is 2.31. The summed E-state index contributed by atoms with van der Waals surface area (Å²) in [5, 5.41) is 0. The number of aryl methyl sites for hydroxylation is 1. The van der Waals surface area contributed by atoms with Gasteiger partial charge in [-0.25, -0.2) is 4.79 Å². The van der Waals surface area contributed by atoms with E-state index in [0.29, 0.717) is 28.4 Å². The molecule has 4 rings (SSSR count). The van der Waals surface area contributed by atoms with Gasteiger partial charge in [-0.15, -0.1) is 0 Å². The Hall–Kier alpha value is -3.58. The summed E-state index contributed by atoms with van der Waals surface area (Å²) in [7, 11) is 2.92. The van der Waals surface area contributed by atoms with Crippen molar-refractivity contribution < 1.29 is 28.5 Å². The minimum absolute atomic E-state index is 0.169. The summed E-state index contributed by atoms with van der Waals surface area (Å²) in [6.45, 7) is 1.77. The van der Waals surface area contributed by atoms with Gasteiger partial charge in [0.15, 0.2) is 5.76 Å². The number of Topliss-reactive ketones (excluding diaryl/α,β-unsaturated/α-hetero) is 1. The van der Waals surface area contributed by atoms with Crippen molar-refractivity contribution in [1.29, 1.82) is 0 Å². The Kier molecular flexibility index (Phi) is 6.01. The van der Waals surface area contributed by atoms with Crippen LogP contribution in [-0.4, -0.2) is 26.0 Å². The van der Waals surface area contributed by atoms with Gasteiger partial charge in [0, 0.05) is 10.5 Å². The molecule has 3 aromatic carbocycles. The molecule has 0 spiro atoms. The minimum Gasteiger partial charge on any atom is -0.496 e. The van der Waals surface area contributed by atoms with Crippen molar-refractivity contribution >= 4 is 33.8 Å². The number of methoxy groups -OCH3 is 2. The lowest BCUT2D eigenvalue weighted by atomic mass is 10.0. The molecule has 0 atom stereocenters. The average Bonchev–Trinajstić information content (AvgIpc) is 3.08. The van der Waals surface area contributed by atoms with E-state index in [0.717, 1.165) is 10.0 Å². The highest BCUT2D eigenvalue weighted by Crippen LogP contribution is 2.38. The Balaban J connectivity index is 1.64. The standard InChI is InChI=1S/C25H19BrO6/c1-14-10-17(31-25(28)23-18(29-2)8-5-9-19(23)30-3)13-20-22(14)24(27)21(32-20)12-15-6-4-7-16(26)11-15/h4-13H,1-3H3/b21-12-. The van der Waals surface area contributed by atoms with Gasteiger partial charge in [0.25, 0.3) is 0 Å². The minimum atomic E-state index is -0.645. The number of hydrogen-bond acceptors (Lipinski definition) is 6. The summed E-state index contributed by atoms with van der Waals surface area (Å²) in [5.74, 6) is 0.586. The van der Waals surface area contributed by atoms with Crippen LogP contribution in [0.15, 0.2) is 64.8 Å². The van der Waals surface area contributed by atoms with Crippen LogP contribution in [-0.2, 0) is 0 Å². The molecule has 1 aliphatic heterocycles. The third-order valence-corrected chi connectivity index (χ3v) is 5.43. The Bertz CT molecular complexity index is 1240. The molecule has 0 aromatic heterocycles. The molecular formula is C25H19BrO6. The number of carbonyl (C=O) groups excluding carboxylic acids is 2. The van der Waals surface area contributed by atoms with Crippen LogP contribution in [0.25, 0.3) is 6.08 Å². The fraction of sp³-hybridized carbons (Fsp3) is 0.120. The van der Waals surface area contributed by atoms with Crippen LogP contribution in [0, 0.1) is 6.92 Å². The van der Waals surface area contributed by atoms with Crippen LogP contribution in [0.3, 0.4) is 0 Å². The van der Waals surface area contributed by atoms with E-state index < -0.39 is 5.97 Å². The zero-order valence-corrected chi connectivity index (χ0v) is 19.2. The monoisotopic (exact) mass is 494 g/mol. The van der Waals surface area contributed by atoms with Gasteiger partial charge in [-0.05, 0) is 54.5 Å². The van der Waals surface area contributed by atoms with Crippen molar-refractivity contribution in [2.24, 2.45) is 0 Å². The number of ether oxygens (including phenoxy) is 4. The summed E-state index contributed by atoms with van der Waals surface area (Å²) in [5.41, 5.74) is 2.08. The SMILES string of the molecule is COc1cccc(OC)c1C(=O)Oc1cc(C)c2c(c1)O/C(=C\c1cccc(Br)c1)C2=O. The fourth-order valence-corrected chi connectivity index (χ4v) is 3.91. The van der Waals surface area contributed by atoms with E-state index in [-0.39, 0.29) is 22.9 Å². The van der Waals surface area contributed by atoms with Crippen LogP contribution in [0.1, 0.15) is 31.8 Å². The molecule has 0 saturated heterocycles. The van der Waals surface area contributed by atoms with Crippen molar-refractivity contribution in [3.8, 4) is 23.0 Å². The molecule has 0 unspecified atom stereocenters. The number of hydrogen-bond donors (Lipinski definition) is 0. The van der Waals surface area contributed by atoms with Crippen LogP contribution in [0.2, 0.25) is 0 Å². The second kappa shape index (κ2) is 8.88. The number of rotatable bonds is 5. The number of esters is 1. The molecule has 0 fully saturated rings. The van der Waals surface area contributed by atoms with Crippen molar-refractivity contribution in [3.05, 3.63) is 87.1 Å². The molecule has 1 heterocycles. The molecule has 0 aliphatic carbocycles. The van der Waals surface area contributed by atoms with E-state index in [1.165, 1.54) is 20.3 Å². The quantitative estimate of drug-likeness (QED) is 0.260. The van der Waals surface area contributed by atoms with Crippen molar-refractivity contribution in [3.63, 3.8) is 0 Å². The highest BCUT2D eigenvalue weighted by atomic mass is 79.9. The van der Waals surface area contributed by atoms with E-state index >= 15 is 0 Å². The molecule has 1 aliphatic rings. The molecule has 0 N–H and O–H groups in total. The number of allylic oxidation sites excluding steroid dienone is 1. The number of fused-ring (bicyclic) bond motifs is 1. The van der Waals surface area contributed by atoms with Crippen molar-refractivity contribution in [2.75, 3.05) is 14.2 Å². The van der Waals surface area contributed by atoms with Gasteiger partial charge < -0.3 is 18.9 Å². The fourth-order valence-electron chi connectivity index (χ4n) is 3.49. The first-order valence-electron chi connectivity index (χ1n) is 9.69. The molecule has 7 heteroatoms. The lowest BCUT2D eigenvalue weighted by Gasteiger charge is -2.13. The predicted octanol–water partition coefficient (Wildman–Crippen LogP) is 5.61. The maximum atomic E-state index is 12.9. The normalized spacial score (nSPS) is 13.5. The number of ketones is 1. The van der Waals surface area contributed by atoms with E-state index in [1.54, 1.807) is 37.3 Å². The third-order valence-electron chi connectivity index (χ3n) is 4.93. The molecule has 32 heavy (non-hydrogen) atoms. The van der Waals surface area contributed by atoms with E-state index in [9.17, 15) is 9.59 Å². The second-order valence-electron chi connectivity index (χ2n) is 7.04. The molecule has 162 valence electrons. The smallest absolute Gasteiger partial charge is 0.351 e. The van der Waals surface area contributed by atoms with Gasteiger partial charge >= 0.3 is 5.97 Å². The van der Waals surface area contributed by atoms with Gasteiger partial charge in [-0.2, -0.15) is 0 Å². The molecular weight excluding hydrogens is 476 g/mol. The summed E-state index contributed by atoms with van der Waals surface area (Å²) in [4.78, 5) is 25.8. The van der Waals surface area contributed by atoms with Gasteiger partial charge in [0.05, 0.1) is 19.8 Å².